The molecule has 0 radical (unpaired) electrons. The predicted molar refractivity (Wildman–Crippen MR) is 55.8 cm³/mol. The Morgan fingerprint density at radius 3 is 2.64 bits per heavy atom. The van der Waals surface area contributed by atoms with Gasteiger partial charge in [0.1, 0.15) is 0 Å². The van der Waals surface area contributed by atoms with Crippen LogP contribution in [0, 0.1) is 0 Å². The van der Waals surface area contributed by atoms with Crippen molar-refractivity contribution in [1.29, 1.82) is 0 Å². The summed E-state index contributed by atoms with van der Waals surface area (Å²) in [7, 11) is 0. The Balaban J connectivity index is 2.16. The van der Waals surface area contributed by atoms with E-state index in [0.29, 0.717) is 11.9 Å². The fourth-order valence-corrected chi connectivity index (χ4v) is 2.32. The van der Waals surface area contributed by atoms with Crippen molar-refractivity contribution in [2.24, 2.45) is 0 Å². The molecule has 1 aliphatic carbocycles. The molecule has 2 aliphatic rings. The summed E-state index contributed by atoms with van der Waals surface area (Å²) in [6.07, 6.45) is 4.41. The fourth-order valence-electron chi connectivity index (χ4n) is 2.32. The molecule has 2 rings (SSSR count). The summed E-state index contributed by atoms with van der Waals surface area (Å²) in [4.78, 5) is 14.2. The van der Waals surface area contributed by atoms with Gasteiger partial charge in [0, 0.05) is 6.04 Å². The van der Waals surface area contributed by atoms with Gasteiger partial charge in [0.25, 0.3) is 0 Å². The summed E-state index contributed by atoms with van der Waals surface area (Å²) in [5.74, 6) is 0.346. The smallest absolute Gasteiger partial charge is 0.244 e. The maximum atomic E-state index is 12.1. The van der Waals surface area contributed by atoms with Gasteiger partial charge in [-0.25, -0.2) is 0 Å². The Labute approximate surface area is 85.8 Å². The van der Waals surface area contributed by atoms with Crippen LogP contribution < -0.4 is 5.32 Å². The van der Waals surface area contributed by atoms with Gasteiger partial charge in [-0.2, -0.15) is 0 Å². The molecular weight excluding hydrogens is 176 g/mol. The quantitative estimate of drug-likeness (QED) is 0.741. The van der Waals surface area contributed by atoms with Crippen LogP contribution in [-0.2, 0) is 4.79 Å². The Morgan fingerprint density at radius 2 is 2.21 bits per heavy atom. The van der Waals surface area contributed by atoms with Gasteiger partial charge in [-0.1, -0.05) is 13.8 Å². The third kappa shape index (κ3) is 1.26. The summed E-state index contributed by atoms with van der Waals surface area (Å²) in [6.45, 7) is 6.42. The Bertz CT molecular complexity index is 248. The van der Waals surface area contributed by atoms with E-state index in [1.165, 1.54) is 0 Å². The van der Waals surface area contributed by atoms with E-state index in [9.17, 15) is 4.79 Å². The number of carbonyl (C=O) groups is 1. The normalized spacial score (nSPS) is 31.2. The van der Waals surface area contributed by atoms with Crippen LogP contribution in [0.15, 0.2) is 0 Å². The number of nitrogens with one attached hydrogen (secondary N) is 1. The zero-order chi connectivity index (χ0) is 10.3. The van der Waals surface area contributed by atoms with Gasteiger partial charge in [0.2, 0.25) is 5.91 Å². The molecule has 1 saturated heterocycles. The molecule has 3 nitrogen and oxygen atoms in total. The highest BCUT2D eigenvalue weighted by Crippen LogP contribution is 2.43. The van der Waals surface area contributed by atoms with E-state index in [1.807, 2.05) is 0 Å². The van der Waals surface area contributed by atoms with E-state index in [2.05, 4.69) is 31.0 Å². The molecule has 0 aromatic heterocycles. The van der Waals surface area contributed by atoms with Gasteiger partial charge in [-0.05, 0) is 32.6 Å². The highest BCUT2D eigenvalue weighted by atomic mass is 16.2. The zero-order valence-corrected chi connectivity index (χ0v) is 9.34. The van der Waals surface area contributed by atoms with Crippen molar-refractivity contribution in [3.63, 3.8) is 0 Å². The number of rotatable bonds is 3. The monoisotopic (exact) mass is 196 g/mol. The van der Waals surface area contributed by atoms with Crippen molar-refractivity contribution in [2.75, 3.05) is 0 Å². The molecule has 1 heterocycles. The Hall–Kier alpha value is -0.570. The summed E-state index contributed by atoms with van der Waals surface area (Å²) in [5, 5.41) is 3.48. The van der Waals surface area contributed by atoms with Gasteiger partial charge >= 0.3 is 0 Å². The largest absolute Gasteiger partial charge is 0.323 e. The van der Waals surface area contributed by atoms with Gasteiger partial charge in [-0.15, -0.1) is 0 Å². The van der Waals surface area contributed by atoms with Crippen molar-refractivity contribution in [3.8, 4) is 0 Å². The van der Waals surface area contributed by atoms with E-state index in [-0.39, 0.29) is 11.7 Å². The van der Waals surface area contributed by atoms with Crippen molar-refractivity contribution < 1.29 is 4.79 Å². The fraction of sp³-hybridized carbons (Fsp3) is 0.909. The van der Waals surface area contributed by atoms with Gasteiger partial charge in [0.15, 0.2) is 0 Å². The third-order valence-electron chi connectivity index (χ3n) is 3.62. The van der Waals surface area contributed by atoms with Crippen LogP contribution in [0.3, 0.4) is 0 Å². The molecular formula is C11H20N2O. The summed E-state index contributed by atoms with van der Waals surface area (Å²) in [5.41, 5.74) is -0.135. The van der Waals surface area contributed by atoms with Crippen molar-refractivity contribution >= 4 is 5.91 Å². The molecule has 3 heteroatoms. The summed E-state index contributed by atoms with van der Waals surface area (Å²) >= 11 is 0. The van der Waals surface area contributed by atoms with Crippen molar-refractivity contribution in [1.82, 2.24) is 10.2 Å². The van der Waals surface area contributed by atoms with Crippen LogP contribution in [0.25, 0.3) is 0 Å². The topological polar surface area (TPSA) is 32.3 Å². The second kappa shape index (κ2) is 3.23. The second-order valence-corrected chi connectivity index (χ2v) is 4.62. The molecule has 80 valence electrons. The molecule has 1 amide bonds. The summed E-state index contributed by atoms with van der Waals surface area (Å²) < 4.78 is 0. The molecule has 1 N–H and O–H groups in total. The second-order valence-electron chi connectivity index (χ2n) is 4.62. The van der Waals surface area contributed by atoms with E-state index in [1.54, 1.807) is 0 Å². The number of hydrogen-bond acceptors (Lipinski definition) is 2. The highest BCUT2D eigenvalue weighted by molar-refractivity contribution is 5.92. The molecule has 0 aromatic rings. The van der Waals surface area contributed by atoms with E-state index in [0.717, 1.165) is 25.7 Å². The first kappa shape index (κ1) is 9.97. The van der Waals surface area contributed by atoms with Crippen LogP contribution in [0.1, 0.15) is 46.5 Å². The average molecular weight is 196 g/mol. The SMILES string of the molecule is CCC(C)N1C(=O)C2(CC2)NC1CC. The highest BCUT2D eigenvalue weighted by Gasteiger charge is 2.59. The Morgan fingerprint density at radius 1 is 1.57 bits per heavy atom. The molecule has 14 heavy (non-hydrogen) atoms. The van der Waals surface area contributed by atoms with Gasteiger partial charge < -0.3 is 4.90 Å². The summed E-state index contributed by atoms with van der Waals surface area (Å²) in [6, 6.07) is 0.375. The van der Waals surface area contributed by atoms with Gasteiger partial charge in [0.05, 0.1) is 11.7 Å². The van der Waals surface area contributed by atoms with Crippen LogP contribution in [0.2, 0.25) is 0 Å². The lowest BCUT2D eigenvalue weighted by molar-refractivity contribution is -0.132. The molecule has 1 spiro atoms. The third-order valence-corrected chi connectivity index (χ3v) is 3.62. The molecule has 0 bridgehead atoms. The lowest BCUT2D eigenvalue weighted by atomic mass is 10.2. The average Bonchev–Trinajstić information content (AvgIpc) is 2.90. The van der Waals surface area contributed by atoms with E-state index < -0.39 is 0 Å². The zero-order valence-electron chi connectivity index (χ0n) is 9.34. The maximum Gasteiger partial charge on any atom is 0.244 e. The molecule has 2 fully saturated rings. The first-order valence-corrected chi connectivity index (χ1v) is 5.75. The van der Waals surface area contributed by atoms with E-state index in [4.69, 9.17) is 0 Å². The number of nitrogens with zero attached hydrogens (tertiary/aromatic N) is 1. The number of carbonyl (C=O) groups excluding carboxylic acids is 1. The lowest BCUT2D eigenvalue weighted by Gasteiger charge is -2.28. The molecule has 2 unspecified atom stereocenters. The standard InChI is InChI=1S/C11H20N2O/c1-4-8(3)13-9(5-2)12-11(6-7-11)10(13)14/h8-9,12H,4-7H2,1-3H3. The van der Waals surface area contributed by atoms with Crippen LogP contribution >= 0.6 is 0 Å². The predicted octanol–water partition coefficient (Wildman–Crippen LogP) is 1.49. The van der Waals surface area contributed by atoms with E-state index >= 15 is 0 Å². The molecule has 2 atom stereocenters. The minimum absolute atomic E-state index is 0.135. The number of hydrogen-bond donors (Lipinski definition) is 1. The first-order valence-electron chi connectivity index (χ1n) is 5.75. The van der Waals surface area contributed by atoms with Crippen LogP contribution in [-0.4, -0.2) is 28.6 Å². The van der Waals surface area contributed by atoms with Crippen LogP contribution in [0.4, 0.5) is 0 Å². The lowest BCUT2D eigenvalue weighted by Crippen LogP contribution is -2.42. The number of amides is 1. The molecule has 0 aromatic carbocycles. The van der Waals surface area contributed by atoms with Crippen molar-refractivity contribution in [3.05, 3.63) is 0 Å². The minimum Gasteiger partial charge on any atom is -0.323 e. The van der Waals surface area contributed by atoms with Gasteiger partial charge in [-0.3, -0.25) is 10.1 Å². The van der Waals surface area contributed by atoms with Crippen LogP contribution in [0.5, 0.6) is 0 Å². The minimum atomic E-state index is -0.135. The molecule has 1 aliphatic heterocycles. The first-order chi connectivity index (χ1) is 6.64. The maximum absolute atomic E-state index is 12.1. The Kier molecular flexibility index (Phi) is 2.30. The molecule has 1 saturated carbocycles. The van der Waals surface area contributed by atoms with Crippen molar-refractivity contribution in [2.45, 2.75) is 64.2 Å².